The van der Waals surface area contributed by atoms with Crippen molar-refractivity contribution in [2.75, 3.05) is 33.0 Å². The van der Waals surface area contributed by atoms with E-state index in [1.54, 1.807) is 20.8 Å². The van der Waals surface area contributed by atoms with Crippen LogP contribution in [0.1, 0.15) is 20.8 Å². The molecule has 0 aliphatic rings. The van der Waals surface area contributed by atoms with Crippen LogP contribution in [0.5, 0.6) is 0 Å². The van der Waals surface area contributed by atoms with Crippen molar-refractivity contribution in [2.24, 2.45) is 0 Å². The summed E-state index contributed by atoms with van der Waals surface area (Å²) in [7, 11) is 0. The summed E-state index contributed by atoms with van der Waals surface area (Å²) < 4.78 is 26.5. The fraction of sp³-hybridized carbons (Fsp3) is 0.667. The van der Waals surface area contributed by atoms with Gasteiger partial charge in [0.25, 0.3) is 0 Å². The fourth-order valence-electron chi connectivity index (χ4n) is 1.71. The van der Waals surface area contributed by atoms with E-state index in [9.17, 15) is 14.7 Å². The van der Waals surface area contributed by atoms with Crippen LogP contribution in [0.2, 0.25) is 0 Å². The second-order valence-electron chi connectivity index (χ2n) is 5.78. The lowest BCUT2D eigenvalue weighted by Crippen LogP contribution is -2.32. The fourth-order valence-corrected chi connectivity index (χ4v) is 1.71. The lowest BCUT2D eigenvalue weighted by atomic mass is 10.3. The molecule has 0 saturated carbocycles. The Kier molecular flexibility index (Phi) is 13.5. The van der Waals surface area contributed by atoms with E-state index in [0.717, 1.165) is 12.2 Å². The number of hydrogen-bond acceptors (Lipinski definition) is 8. The molecule has 0 rings (SSSR count). The molecule has 0 spiro atoms. The number of esters is 2. The van der Waals surface area contributed by atoms with Gasteiger partial charge in [-0.3, -0.25) is 0 Å². The highest BCUT2D eigenvalue weighted by Gasteiger charge is 2.16. The minimum absolute atomic E-state index is 0.145. The Hall–Kier alpha value is -1.74. The van der Waals surface area contributed by atoms with Crippen LogP contribution in [0.15, 0.2) is 25.3 Å². The number of carbonyl (C=O) groups excluding carboxylic acids is 2. The van der Waals surface area contributed by atoms with Gasteiger partial charge in [-0.25, -0.2) is 9.59 Å². The summed E-state index contributed by atoms with van der Waals surface area (Å²) in [5.74, 6) is -1.05. The van der Waals surface area contributed by atoms with Gasteiger partial charge in [-0.2, -0.15) is 0 Å². The van der Waals surface area contributed by atoms with Crippen molar-refractivity contribution in [3.63, 3.8) is 0 Å². The highest BCUT2D eigenvalue weighted by molar-refractivity contribution is 5.81. The van der Waals surface area contributed by atoms with Gasteiger partial charge in [0.2, 0.25) is 0 Å². The molecule has 4 unspecified atom stereocenters. The molecular weight excluding hydrogens is 344 g/mol. The zero-order chi connectivity index (χ0) is 19.9. The van der Waals surface area contributed by atoms with Crippen molar-refractivity contribution in [3.05, 3.63) is 25.3 Å². The van der Waals surface area contributed by atoms with E-state index in [2.05, 4.69) is 13.2 Å². The molecule has 8 nitrogen and oxygen atoms in total. The standard InChI is InChI=1S/C18H30O8/c1-6-17(20)25-14(4)9-23-12-16(11-22-8-13(3)19)24-10-15(5)26-18(21)7-2/h6-7,13-16,19H,1-2,8-12H2,3-5H3. The number of aliphatic hydroxyl groups excluding tert-OH is 1. The van der Waals surface area contributed by atoms with Gasteiger partial charge in [0.15, 0.2) is 0 Å². The lowest BCUT2D eigenvalue weighted by Gasteiger charge is -2.22. The predicted molar refractivity (Wildman–Crippen MR) is 94.6 cm³/mol. The Bertz CT molecular complexity index is 435. The monoisotopic (exact) mass is 374 g/mol. The van der Waals surface area contributed by atoms with Gasteiger partial charge < -0.3 is 28.8 Å². The van der Waals surface area contributed by atoms with Crippen molar-refractivity contribution in [1.82, 2.24) is 0 Å². The Morgan fingerprint density at radius 2 is 1.31 bits per heavy atom. The molecule has 26 heavy (non-hydrogen) atoms. The van der Waals surface area contributed by atoms with E-state index in [1.807, 2.05) is 0 Å². The second-order valence-corrected chi connectivity index (χ2v) is 5.78. The number of hydrogen-bond donors (Lipinski definition) is 1. The summed E-state index contributed by atoms with van der Waals surface area (Å²) in [6.45, 7) is 12.5. The maximum absolute atomic E-state index is 11.2. The van der Waals surface area contributed by atoms with Crippen LogP contribution in [0.25, 0.3) is 0 Å². The van der Waals surface area contributed by atoms with Crippen molar-refractivity contribution in [2.45, 2.75) is 45.2 Å². The molecule has 0 bridgehead atoms. The van der Waals surface area contributed by atoms with E-state index in [4.69, 9.17) is 23.7 Å². The normalized spacial score (nSPS) is 15.4. The Labute approximate surface area is 154 Å². The first-order valence-corrected chi connectivity index (χ1v) is 8.39. The molecule has 0 fully saturated rings. The Balaban J connectivity index is 4.31. The maximum atomic E-state index is 11.2. The highest BCUT2D eigenvalue weighted by Crippen LogP contribution is 2.03. The molecule has 8 heteroatoms. The summed E-state index contributed by atoms with van der Waals surface area (Å²) in [5, 5.41) is 9.25. The molecule has 0 aromatic carbocycles. The Morgan fingerprint density at radius 1 is 0.846 bits per heavy atom. The van der Waals surface area contributed by atoms with E-state index in [-0.39, 0.29) is 33.0 Å². The van der Waals surface area contributed by atoms with Crippen LogP contribution in [0, 0.1) is 0 Å². The first-order chi connectivity index (χ1) is 12.3. The number of rotatable bonds is 15. The predicted octanol–water partition coefficient (Wildman–Crippen LogP) is 1.02. The molecule has 0 aliphatic carbocycles. The molecule has 0 amide bonds. The number of ether oxygens (including phenoxy) is 5. The van der Waals surface area contributed by atoms with Gasteiger partial charge in [-0.15, -0.1) is 0 Å². The third-order valence-electron chi connectivity index (χ3n) is 2.85. The summed E-state index contributed by atoms with van der Waals surface area (Å²) >= 11 is 0. The molecule has 4 atom stereocenters. The van der Waals surface area contributed by atoms with Crippen LogP contribution in [-0.4, -0.2) is 74.5 Å². The zero-order valence-electron chi connectivity index (χ0n) is 15.7. The SMILES string of the molecule is C=CC(=O)OC(C)COCC(COCC(C)O)OCC(C)OC(=O)C=C. The third-order valence-corrected chi connectivity index (χ3v) is 2.85. The van der Waals surface area contributed by atoms with Gasteiger partial charge in [-0.05, 0) is 20.8 Å². The summed E-state index contributed by atoms with van der Waals surface area (Å²) in [5.41, 5.74) is 0. The van der Waals surface area contributed by atoms with Crippen LogP contribution in [0.3, 0.4) is 0 Å². The van der Waals surface area contributed by atoms with E-state index >= 15 is 0 Å². The molecule has 0 radical (unpaired) electrons. The number of carbonyl (C=O) groups is 2. The summed E-state index contributed by atoms with van der Waals surface area (Å²) in [6, 6.07) is 0. The van der Waals surface area contributed by atoms with Crippen molar-refractivity contribution in [3.8, 4) is 0 Å². The minimum atomic E-state index is -0.595. The van der Waals surface area contributed by atoms with Gasteiger partial charge in [-0.1, -0.05) is 13.2 Å². The quantitative estimate of drug-likeness (QED) is 0.335. The van der Waals surface area contributed by atoms with Crippen molar-refractivity contribution < 1.29 is 38.4 Å². The molecule has 0 aromatic heterocycles. The average Bonchev–Trinajstić information content (AvgIpc) is 2.58. The van der Waals surface area contributed by atoms with Crippen LogP contribution < -0.4 is 0 Å². The van der Waals surface area contributed by atoms with E-state index in [0.29, 0.717) is 0 Å². The van der Waals surface area contributed by atoms with Crippen molar-refractivity contribution >= 4 is 11.9 Å². The molecule has 0 saturated heterocycles. The molecule has 1 N–H and O–H groups in total. The Morgan fingerprint density at radius 3 is 1.77 bits per heavy atom. The first-order valence-electron chi connectivity index (χ1n) is 8.39. The first kappa shape index (κ1) is 24.3. The molecule has 0 aliphatic heterocycles. The summed E-state index contributed by atoms with van der Waals surface area (Å²) in [6.07, 6.45) is 0.218. The largest absolute Gasteiger partial charge is 0.457 e. The smallest absolute Gasteiger partial charge is 0.330 e. The van der Waals surface area contributed by atoms with Crippen LogP contribution >= 0.6 is 0 Å². The average molecular weight is 374 g/mol. The molecule has 0 aromatic rings. The third kappa shape index (κ3) is 13.5. The topological polar surface area (TPSA) is 101 Å². The van der Waals surface area contributed by atoms with Gasteiger partial charge in [0.05, 0.1) is 39.1 Å². The lowest BCUT2D eigenvalue weighted by molar-refractivity contribution is -0.151. The maximum Gasteiger partial charge on any atom is 0.330 e. The molecular formula is C18H30O8. The molecule has 150 valence electrons. The van der Waals surface area contributed by atoms with Gasteiger partial charge in [0, 0.05) is 12.2 Å². The van der Waals surface area contributed by atoms with Gasteiger partial charge in [0.1, 0.15) is 18.3 Å². The summed E-state index contributed by atoms with van der Waals surface area (Å²) in [4.78, 5) is 22.3. The van der Waals surface area contributed by atoms with E-state index < -0.39 is 36.4 Å². The zero-order valence-corrected chi connectivity index (χ0v) is 15.7. The van der Waals surface area contributed by atoms with Crippen LogP contribution in [-0.2, 0) is 33.3 Å². The second kappa shape index (κ2) is 14.4. The van der Waals surface area contributed by atoms with Crippen molar-refractivity contribution in [1.29, 1.82) is 0 Å². The van der Waals surface area contributed by atoms with Gasteiger partial charge >= 0.3 is 11.9 Å². The highest BCUT2D eigenvalue weighted by atomic mass is 16.6. The molecule has 0 heterocycles. The van der Waals surface area contributed by atoms with Crippen LogP contribution in [0.4, 0.5) is 0 Å². The minimum Gasteiger partial charge on any atom is -0.457 e. The number of aliphatic hydroxyl groups is 1. The van der Waals surface area contributed by atoms with E-state index in [1.165, 1.54) is 0 Å².